The standard InChI is InChI=1S/C32H29N5O/c1-3-22-9-6-11-25(18-22)34-32(38)37-17-15-29-27(20-37)30(26-12-5-4-8-21(26)2)36-31(35-29)24-13-14-28-23(19-24)10-7-16-33-28/h4-14,16,18-19H,3,15,17,20H2,1-2H3,(H,34,38). The van der Waals surface area contributed by atoms with Gasteiger partial charge in [-0.25, -0.2) is 14.8 Å². The van der Waals surface area contributed by atoms with Gasteiger partial charge in [0.2, 0.25) is 0 Å². The molecule has 0 radical (unpaired) electrons. The lowest BCUT2D eigenvalue weighted by Gasteiger charge is -2.30. The summed E-state index contributed by atoms with van der Waals surface area (Å²) in [5.41, 5.74) is 9.01. The zero-order chi connectivity index (χ0) is 26.1. The SMILES string of the molecule is CCc1cccc(NC(=O)N2CCc3nc(-c4ccc5ncccc5c4)nc(-c4ccccc4C)c3C2)c1. The van der Waals surface area contributed by atoms with Gasteiger partial charge in [-0.15, -0.1) is 0 Å². The van der Waals surface area contributed by atoms with Crippen molar-refractivity contribution in [3.05, 3.63) is 107 Å². The summed E-state index contributed by atoms with van der Waals surface area (Å²) >= 11 is 0. The van der Waals surface area contributed by atoms with E-state index in [1.807, 2.05) is 53.4 Å². The van der Waals surface area contributed by atoms with Gasteiger partial charge in [-0.3, -0.25) is 4.98 Å². The average Bonchev–Trinajstić information content (AvgIpc) is 2.96. The fourth-order valence-electron chi connectivity index (χ4n) is 5.06. The lowest BCUT2D eigenvalue weighted by molar-refractivity contribution is 0.206. The van der Waals surface area contributed by atoms with E-state index in [0.29, 0.717) is 25.3 Å². The summed E-state index contributed by atoms with van der Waals surface area (Å²) in [7, 11) is 0. The summed E-state index contributed by atoms with van der Waals surface area (Å²) in [4.78, 5) is 29.7. The molecule has 2 aromatic heterocycles. The number of nitrogens with one attached hydrogen (secondary N) is 1. The fourth-order valence-corrected chi connectivity index (χ4v) is 5.06. The number of hydrogen-bond acceptors (Lipinski definition) is 4. The molecule has 0 aliphatic carbocycles. The predicted molar refractivity (Wildman–Crippen MR) is 152 cm³/mol. The van der Waals surface area contributed by atoms with Gasteiger partial charge in [-0.1, -0.05) is 49.4 Å². The first-order chi connectivity index (χ1) is 18.6. The molecule has 6 rings (SSSR count). The van der Waals surface area contributed by atoms with Crippen LogP contribution in [0.15, 0.2) is 85.1 Å². The van der Waals surface area contributed by atoms with Crippen molar-refractivity contribution in [3.63, 3.8) is 0 Å². The molecule has 6 heteroatoms. The molecular weight excluding hydrogens is 470 g/mol. The second-order valence-corrected chi connectivity index (χ2v) is 9.70. The Hall–Kier alpha value is -4.58. The number of rotatable bonds is 4. The van der Waals surface area contributed by atoms with Crippen LogP contribution in [-0.4, -0.2) is 32.4 Å². The number of pyridine rings is 1. The maximum atomic E-state index is 13.3. The monoisotopic (exact) mass is 499 g/mol. The number of carbonyl (C=O) groups excluding carboxylic acids is 1. The molecular formula is C32H29N5O. The highest BCUT2D eigenvalue weighted by molar-refractivity contribution is 5.90. The Morgan fingerprint density at radius 1 is 0.974 bits per heavy atom. The predicted octanol–water partition coefficient (Wildman–Crippen LogP) is 6.82. The number of anilines is 1. The van der Waals surface area contributed by atoms with E-state index in [1.54, 1.807) is 6.20 Å². The van der Waals surface area contributed by atoms with Crippen molar-refractivity contribution in [2.24, 2.45) is 0 Å². The molecule has 1 N–H and O–H groups in total. The van der Waals surface area contributed by atoms with Crippen molar-refractivity contribution in [1.29, 1.82) is 0 Å². The van der Waals surface area contributed by atoms with Gasteiger partial charge in [0.15, 0.2) is 5.82 Å². The number of benzene rings is 3. The number of carbonyl (C=O) groups is 1. The molecule has 38 heavy (non-hydrogen) atoms. The molecule has 0 atom stereocenters. The van der Waals surface area contributed by atoms with Gasteiger partial charge in [-0.2, -0.15) is 0 Å². The molecule has 0 saturated carbocycles. The van der Waals surface area contributed by atoms with Gasteiger partial charge in [0.25, 0.3) is 0 Å². The van der Waals surface area contributed by atoms with Crippen LogP contribution >= 0.6 is 0 Å². The number of urea groups is 1. The molecule has 0 saturated heterocycles. The number of amides is 2. The zero-order valence-corrected chi connectivity index (χ0v) is 21.6. The lowest BCUT2D eigenvalue weighted by Crippen LogP contribution is -2.39. The molecule has 0 bridgehead atoms. The van der Waals surface area contributed by atoms with Crippen molar-refractivity contribution in [2.75, 3.05) is 11.9 Å². The highest BCUT2D eigenvalue weighted by Gasteiger charge is 2.27. The number of nitrogens with zero attached hydrogens (tertiary/aromatic N) is 4. The second kappa shape index (κ2) is 10.1. The van der Waals surface area contributed by atoms with E-state index in [4.69, 9.17) is 9.97 Å². The first kappa shape index (κ1) is 23.8. The minimum atomic E-state index is -0.106. The minimum absolute atomic E-state index is 0.106. The van der Waals surface area contributed by atoms with E-state index >= 15 is 0 Å². The molecule has 188 valence electrons. The zero-order valence-electron chi connectivity index (χ0n) is 21.6. The summed E-state index contributed by atoms with van der Waals surface area (Å²) in [6.07, 6.45) is 3.39. The van der Waals surface area contributed by atoms with Crippen molar-refractivity contribution in [1.82, 2.24) is 19.9 Å². The van der Waals surface area contributed by atoms with E-state index in [2.05, 4.69) is 54.5 Å². The Balaban J connectivity index is 1.38. The van der Waals surface area contributed by atoms with Crippen LogP contribution in [0.3, 0.4) is 0 Å². The van der Waals surface area contributed by atoms with Crippen molar-refractivity contribution in [2.45, 2.75) is 33.2 Å². The van der Waals surface area contributed by atoms with Crippen LogP contribution in [0.5, 0.6) is 0 Å². The van der Waals surface area contributed by atoms with E-state index in [9.17, 15) is 4.79 Å². The first-order valence-electron chi connectivity index (χ1n) is 13.0. The topological polar surface area (TPSA) is 71.0 Å². The maximum Gasteiger partial charge on any atom is 0.322 e. The third-order valence-electron chi connectivity index (χ3n) is 7.20. The minimum Gasteiger partial charge on any atom is -0.320 e. The van der Waals surface area contributed by atoms with Crippen LogP contribution in [0.25, 0.3) is 33.5 Å². The molecule has 1 aliphatic rings. The molecule has 3 aromatic carbocycles. The maximum absolute atomic E-state index is 13.3. The molecule has 1 aliphatic heterocycles. The van der Waals surface area contributed by atoms with Crippen LogP contribution in [0.1, 0.15) is 29.3 Å². The summed E-state index contributed by atoms with van der Waals surface area (Å²) in [6.45, 7) is 5.26. The lowest BCUT2D eigenvalue weighted by atomic mass is 9.96. The van der Waals surface area contributed by atoms with Crippen LogP contribution < -0.4 is 5.32 Å². The number of fused-ring (bicyclic) bond motifs is 2. The van der Waals surface area contributed by atoms with Crippen molar-refractivity contribution >= 4 is 22.6 Å². The Morgan fingerprint density at radius 2 is 1.87 bits per heavy atom. The quantitative estimate of drug-likeness (QED) is 0.295. The van der Waals surface area contributed by atoms with Crippen LogP contribution in [0.2, 0.25) is 0 Å². The second-order valence-electron chi connectivity index (χ2n) is 9.70. The van der Waals surface area contributed by atoms with Gasteiger partial charge in [-0.05, 0) is 60.9 Å². The van der Waals surface area contributed by atoms with Crippen LogP contribution in [0, 0.1) is 6.92 Å². The molecule has 0 unspecified atom stereocenters. The molecule has 6 nitrogen and oxygen atoms in total. The smallest absolute Gasteiger partial charge is 0.320 e. The largest absolute Gasteiger partial charge is 0.322 e. The number of aromatic nitrogens is 3. The van der Waals surface area contributed by atoms with Gasteiger partial charge >= 0.3 is 6.03 Å². The van der Waals surface area contributed by atoms with E-state index < -0.39 is 0 Å². The highest BCUT2D eigenvalue weighted by atomic mass is 16.2. The third-order valence-corrected chi connectivity index (χ3v) is 7.20. The molecule has 2 amide bonds. The normalized spacial score (nSPS) is 12.8. The Morgan fingerprint density at radius 3 is 2.74 bits per heavy atom. The molecule has 0 fully saturated rings. The Bertz CT molecular complexity index is 1660. The van der Waals surface area contributed by atoms with E-state index in [-0.39, 0.29) is 6.03 Å². The molecule has 0 spiro atoms. The van der Waals surface area contributed by atoms with Crippen LogP contribution in [-0.2, 0) is 19.4 Å². The number of aryl methyl sites for hydroxylation is 2. The highest BCUT2D eigenvalue weighted by Crippen LogP contribution is 2.33. The van der Waals surface area contributed by atoms with Gasteiger partial charge in [0.05, 0.1) is 23.4 Å². The Labute approximate surface area is 222 Å². The summed E-state index contributed by atoms with van der Waals surface area (Å²) in [5.74, 6) is 0.696. The van der Waals surface area contributed by atoms with E-state index in [0.717, 1.165) is 56.7 Å². The summed E-state index contributed by atoms with van der Waals surface area (Å²) in [5, 5.41) is 4.14. The third kappa shape index (κ3) is 4.61. The average molecular weight is 500 g/mol. The summed E-state index contributed by atoms with van der Waals surface area (Å²) < 4.78 is 0. The van der Waals surface area contributed by atoms with E-state index in [1.165, 1.54) is 5.56 Å². The van der Waals surface area contributed by atoms with Crippen molar-refractivity contribution in [3.8, 4) is 22.6 Å². The van der Waals surface area contributed by atoms with Gasteiger partial charge < -0.3 is 10.2 Å². The van der Waals surface area contributed by atoms with Crippen molar-refractivity contribution < 1.29 is 4.79 Å². The summed E-state index contributed by atoms with van der Waals surface area (Å²) in [6, 6.07) is 26.3. The fraction of sp³-hybridized carbons (Fsp3) is 0.188. The molecule has 3 heterocycles. The number of hydrogen-bond donors (Lipinski definition) is 1. The van der Waals surface area contributed by atoms with Gasteiger partial charge in [0.1, 0.15) is 0 Å². The first-order valence-corrected chi connectivity index (χ1v) is 13.0. The Kier molecular flexibility index (Phi) is 6.30. The molecule has 5 aromatic rings. The van der Waals surface area contributed by atoms with Gasteiger partial charge in [0, 0.05) is 46.9 Å². The van der Waals surface area contributed by atoms with Crippen LogP contribution in [0.4, 0.5) is 10.5 Å².